The maximum absolute atomic E-state index is 14.4. The number of nitrogens with zero attached hydrogens (tertiary/aromatic N) is 5. The molecule has 0 fully saturated rings. The zero-order valence-electron chi connectivity index (χ0n) is 16.4. The number of hydrogen-bond donors (Lipinski definition) is 1. The molecule has 0 aliphatic carbocycles. The Bertz CT molecular complexity index is 1240. The van der Waals surface area contributed by atoms with Gasteiger partial charge in [-0.25, -0.2) is 4.39 Å². The van der Waals surface area contributed by atoms with Crippen LogP contribution in [0.3, 0.4) is 0 Å². The van der Waals surface area contributed by atoms with Crippen LogP contribution >= 0.6 is 0 Å². The Morgan fingerprint density at radius 1 is 1.10 bits per heavy atom. The first-order valence-corrected chi connectivity index (χ1v) is 9.14. The summed E-state index contributed by atoms with van der Waals surface area (Å²) in [4.78, 5) is 3.90. The number of halogens is 4. The lowest BCUT2D eigenvalue weighted by molar-refractivity contribution is -0.146. The normalized spacial score (nSPS) is 11.7. The molecule has 3 heterocycles. The summed E-state index contributed by atoms with van der Waals surface area (Å²) >= 11 is 0. The molecule has 7 nitrogen and oxygen atoms in total. The van der Waals surface area contributed by atoms with Crippen molar-refractivity contribution in [3.05, 3.63) is 71.1 Å². The first-order valence-electron chi connectivity index (χ1n) is 9.14. The van der Waals surface area contributed by atoms with Crippen molar-refractivity contribution in [1.82, 2.24) is 24.8 Å². The second-order valence-electron chi connectivity index (χ2n) is 6.76. The molecular weight excluding hydrogens is 416 g/mol. The minimum atomic E-state index is -4.70. The van der Waals surface area contributed by atoms with Gasteiger partial charge in [0.05, 0.1) is 6.20 Å². The summed E-state index contributed by atoms with van der Waals surface area (Å²) in [5.41, 5.74) is 1.70. The van der Waals surface area contributed by atoms with Crippen LogP contribution in [0.4, 0.5) is 23.4 Å². The van der Waals surface area contributed by atoms with Gasteiger partial charge in [-0.3, -0.25) is 4.98 Å². The molecule has 0 saturated heterocycles. The van der Waals surface area contributed by atoms with E-state index >= 15 is 0 Å². The molecule has 3 aromatic heterocycles. The van der Waals surface area contributed by atoms with Gasteiger partial charge in [-0.1, -0.05) is 6.07 Å². The topological polar surface area (TPSA) is 77.2 Å². The van der Waals surface area contributed by atoms with Gasteiger partial charge in [-0.15, -0.1) is 15.3 Å². The van der Waals surface area contributed by atoms with Crippen LogP contribution in [-0.2, 0) is 12.7 Å². The summed E-state index contributed by atoms with van der Waals surface area (Å²) in [6, 6.07) is 7.70. The van der Waals surface area contributed by atoms with Crippen LogP contribution in [0.15, 0.2) is 42.7 Å². The molecule has 0 unspecified atom stereocenters. The van der Waals surface area contributed by atoms with Gasteiger partial charge in [0.15, 0.2) is 23.0 Å². The van der Waals surface area contributed by atoms with Gasteiger partial charge in [0.25, 0.3) is 5.82 Å². The van der Waals surface area contributed by atoms with Crippen molar-refractivity contribution in [3.8, 4) is 11.5 Å². The van der Waals surface area contributed by atoms with E-state index in [9.17, 15) is 17.6 Å². The third kappa shape index (κ3) is 4.11. The molecular formula is C20H16F4N6O. The second-order valence-corrected chi connectivity index (χ2v) is 6.76. The van der Waals surface area contributed by atoms with Gasteiger partial charge in [-0.05, 0) is 49.2 Å². The van der Waals surface area contributed by atoms with E-state index in [-0.39, 0.29) is 23.8 Å². The van der Waals surface area contributed by atoms with Gasteiger partial charge < -0.3 is 10.1 Å². The summed E-state index contributed by atoms with van der Waals surface area (Å²) in [7, 11) is 0. The Morgan fingerprint density at radius 2 is 1.90 bits per heavy atom. The van der Waals surface area contributed by atoms with Crippen molar-refractivity contribution in [2.45, 2.75) is 26.6 Å². The van der Waals surface area contributed by atoms with E-state index in [1.165, 1.54) is 18.3 Å². The number of nitrogens with one attached hydrogen (secondary N) is 1. The predicted octanol–water partition coefficient (Wildman–Crippen LogP) is 4.70. The van der Waals surface area contributed by atoms with Crippen molar-refractivity contribution in [3.63, 3.8) is 0 Å². The molecule has 4 rings (SSSR count). The van der Waals surface area contributed by atoms with Crippen LogP contribution < -0.4 is 10.1 Å². The minimum Gasteiger partial charge on any atom is -0.453 e. The molecule has 31 heavy (non-hydrogen) atoms. The Kier molecular flexibility index (Phi) is 5.17. The molecule has 0 spiro atoms. The first kappa shape index (κ1) is 20.5. The van der Waals surface area contributed by atoms with E-state index in [0.717, 1.165) is 0 Å². The lowest BCUT2D eigenvalue weighted by atomic mass is 10.1. The quantitative estimate of drug-likeness (QED) is 0.461. The van der Waals surface area contributed by atoms with E-state index < -0.39 is 17.8 Å². The van der Waals surface area contributed by atoms with Gasteiger partial charge in [0, 0.05) is 18.3 Å². The zero-order valence-corrected chi connectivity index (χ0v) is 16.4. The standard InChI is InChI=1S/C20H16F4N6O/c1-11-12(2)18-27-28-19(20(22,23)24)30(18)29-17(11)26-9-13-5-6-16(15(21)8-13)31-14-4-3-7-25-10-14/h3-8,10H,9H2,1-2H3,(H,26,29). The number of aryl methyl sites for hydroxylation is 1. The van der Waals surface area contributed by atoms with Gasteiger partial charge in [0.2, 0.25) is 0 Å². The molecule has 0 radical (unpaired) electrons. The highest BCUT2D eigenvalue weighted by atomic mass is 19.4. The number of alkyl halides is 3. The number of ether oxygens (including phenoxy) is 1. The zero-order chi connectivity index (χ0) is 22.2. The second kappa shape index (κ2) is 7.82. The Labute approximate surface area is 173 Å². The van der Waals surface area contributed by atoms with Crippen molar-refractivity contribution >= 4 is 11.5 Å². The number of rotatable bonds is 5. The van der Waals surface area contributed by atoms with E-state index in [1.807, 2.05) is 0 Å². The molecule has 1 N–H and O–H groups in total. The lowest BCUT2D eigenvalue weighted by Crippen LogP contribution is -2.15. The molecule has 11 heteroatoms. The minimum absolute atomic E-state index is 0.0262. The highest BCUT2D eigenvalue weighted by molar-refractivity contribution is 5.58. The average molecular weight is 432 g/mol. The fraction of sp³-hybridized carbons (Fsp3) is 0.200. The molecule has 1 aromatic carbocycles. The molecule has 4 aromatic rings. The first-order chi connectivity index (χ1) is 14.7. The maximum Gasteiger partial charge on any atom is 0.453 e. The molecule has 0 bridgehead atoms. The summed E-state index contributed by atoms with van der Waals surface area (Å²) in [5.74, 6) is -1.16. The lowest BCUT2D eigenvalue weighted by Gasteiger charge is -2.13. The molecule has 0 amide bonds. The number of fused-ring (bicyclic) bond motifs is 1. The predicted molar refractivity (Wildman–Crippen MR) is 103 cm³/mol. The Hall–Kier alpha value is -3.76. The summed E-state index contributed by atoms with van der Waals surface area (Å²) in [6.45, 7) is 3.47. The summed E-state index contributed by atoms with van der Waals surface area (Å²) in [5, 5.41) is 13.8. The van der Waals surface area contributed by atoms with Gasteiger partial charge >= 0.3 is 6.18 Å². The third-order valence-electron chi connectivity index (χ3n) is 4.67. The van der Waals surface area contributed by atoms with E-state index in [4.69, 9.17) is 4.74 Å². The molecule has 0 saturated carbocycles. The number of anilines is 1. The van der Waals surface area contributed by atoms with E-state index in [2.05, 4.69) is 25.6 Å². The van der Waals surface area contributed by atoms with Crippen LogP contribution in [0, 0.1) is 19.7 Å². The third-order valence-corrected chi connectivity index (χ3v) is 4.67. The number of benzene rings is 1. The van der Waals surface area contributed by atoms with Crippen molar-refractivity contribution in [1.29, 1.82) is 0 Å². The number of pyridine rings is 1. The average Bonchev–Trinajstić information content (AvgIpc) is 3.17. The number of aromatic nitrogens is 5. The maximum atomic E-state index is 14.4. The van der Waals surface area contributed by atoms with E-state index in [0.29, 0.717) is 27.0 Å². The Morgan fingerprint density at radius 3 is 2.58 bits per heavy atom. The van der Waals surface area contributed by atoms with Crippen molar-refractivity contribution in [2.75, 3.05) is 5.32 Å². The highest BCUT2D eigenvalue weighted by Gasteiger charge is 2.38. The molecule has 0 aliphatic heterocycles. The SMILES string of the molecule is Cc1c(NCc2ccc(Oc3cccnc3)c(F)c2)nn2c(C(F)(F)F)nnc2c1C. The fourth-order valence-electron chi connectivity index (χ4n) is 2.93. The highest BCUT2D eigenvalue weighted by Crippen LogP contribution is 2.30. The molecule has 0 aliphatic rings. The molecule has 0 atom stereocenters. The van der Waals surface area contributed by atoms with Crippen LogP contribution in [0.25, 0.3) is 5.65 Å². The van der Waals surface area contributed by atoms with Gasteiger partial charge in [-0.2, -0.15) is 17.7 Å². The largest absolute Gasteiger partial charge is 0.453 e. The number of hydrogen-bond acceptors (Lipinski definition) is 6. The van der Waals surface area contributed by atoms with Gasteiger partial charge in [0.1, 0.15) is 5.75 Å². The van der Waals surface area contributed by atoms with Crippen LogP contribution in [0.5, 0.6) is 11.5 Å². The van der Waals surface area contributed by atoms with Crippen molar-refractivity contribution in [2.24, 2.45) is 0 Å². The van der Waals surface area contributed by atoms with Crippen LogP contribution in [-0.4, -0.2) is 24.8 Å². The monoisotopic (exact) mass is 432 g/mol. The fourth-order valence-corrected chi connectivity index (χ4v) is 2.93. The smallest absolute Gasteiger partial charge is 0.453 e. The summed E-state index contributed by atoms with van der Waals surface area (Å²) < 4.78 is 60.0. The van der Waals surface area contributed by atoms with E-state index in [1.54, 1.807) is 38.2 Å². The van der Waals surface area contributed by atoms with Crippen LogP contribution in [0.2, 0.25) is 0 Å². The van der Waals surface area contributed by atoms with Crippen molar-refractivity contribution < 1.29 is 22.3 Å². The van der Waals surface area contributed by atoms with Crippen LogP contribution in [0.1, 0.15) is 22.5 Å². The molecule has 160 valence electrons. The summed E-state index contributed by atoms with van der Waals surface area (Å²) in [6.07, 6.45) is -1.66. The Balaban J connectivity index is 1.56.